The van der Waals surface area contributed by atoms with Gasteiger partial charge in [-0.25, -0.2) is 14.6 Å². The summed E-state index contributed by atoms with van der Waals surface area (Å²) in [6.07, 6.45) is 6.89. The summed E-state index contributed by atoms with van der Waals surface area (Å²) in [7, 11) is 1.93. The molecule has 0 spiro atoms. The lowest BCUT2D eigenvalue weighted by Gasteiger charge is -2.16. The van der Waals surface area contributed by atoms with Gasteiger partial charge < -0.3 is 4.90 Å². The SMILES string of the molecule is CN(Cc1cnn(-c2ccccc2)c1)c1cnc(C#N)cn1. The largest absolute Gasteiger partial charge is 0.354 e. The van der Waals surface area contributed by atoms with Crippen LogP contribution in [-0.4, -0.2) is 26.8 Å². The van der Waals surface area contributed by atoms with Crippen molar-refractivity contribution in [3.63, 3.8) is 0 Å². The molecule has 6 heteroatoms. The molecule has 3 rings (SSSR count). The highest BCUT2D eigenvalue weighted by Crippen LogP contribution is 2.13. The summed E-state index contributed by atoms with van der Waals surface area (Å²) >= 11 is 0. The summed E-state index contributed by atoms with van der Waals surface area (Å²) in [5.74, 6) is 0.714. The van der Waals surface area contributed by atoms with Crippen LogP contribution in [0, 0.1) is 11.3 Å². The third-order valence-electron chi connectivity index (χ3n) is 3.22. The molecule has 1 aromatic carbocycles. The van der Waals surface area contributed by atoms with Crippen molar-refractivity contribution in [2.45, 2.75) is 6.54 Å². The Hall–Kier alpha value is -3.20. The monoisotopic (exact) mass is 290 g/mol. The van der Waals surface area contributed by atoms with Gasteiger partial charge in [0.2, 0.25) is 0 Å². The highest BCUT2D eigenvalue weighted by molar-refractivity contribution is 5.37. The molecule has 0 radical (unpaired) electrons. The second-order valence-corrected chi connectivity index (χ2v) is 4.86. The number of aromatic nitrogens is 4. The molecule has 0 saturated carbocycles. The van der Waals surface area contributed by atoms with Crippen LogP contribution in [-0.2, 0) is 6.54 Å². The minimum absolute atomic E-state index is 0.314. The smallest absolute Gasteiger partial charge is 0.158 e. The quantitative estimate of drug-likeness (QED) is 0.736. The molecule has 6 nitrogen and oxygen atoms in total. The van der Waals surface area contributed by atoms with E-state index in [0.29, 0.717) is 18.1 Å². The minimum Gasteiger partial charge on any atom is -0.354 e. The predicted octanol–water partition coefficient (Wildman–Crippen LogP) is 2.17. The highest BCUT2D eigenvalue weighted by Gasteiger charge is 2.07. The molecule has 0 unspecified atom stereocenters. The van der Waals surface area contributed by atoms with E-state index in [1.54, 1.807) is 6.20 Å². The lowest BCUT2D eigenvalue weighted by atomic mass is 10.3. The van der Waals surface area contributed by atoms with Crippen molar-refractivity contribution >= 4 is 5.82 Å². The maximum absolute atomic E-state index is 8.74. The summed E-state index contributed by atoms with van der Waals surface area (Å²) < 4.78 is 1.84. The predicted molar refractivity (Wildman–Crippen MR) is 82.4 cm³/mol. The molecule has 0 saturated heterocycles. The van der Waals surface area contributed by atoms with E-state index in [1.807, 2.05) is 65.4 Å². The van der Waals surface area contributed by atoms with Crippen molar-refractivity contribution in [1.82, 2.24) is 19.7 Å². The van der Waals surface area contributed by atoms with Gasteiger partial charge in [0.1, 0.15) is 11.9 Å². The van der Waals surface area contributed by atoms with Crippen LogP contribution in [0.15, 0.2) is 55.1 Å². The van der Waals surface area contributed by atoms with E-state index in [1.165, 1.54) is 6.20 Å². The van der Waals surface area contributed by atoms with Gasteiger partial charge in [-0.05, 0) is 12.1 Å². The summed E-state index contributed by atoms with van der Waals surface area (Å²) in [6.45, 7) is 0.660. The fourth-order valence-electron chi connectivity index (χ4n) is 2.09. The number of hydrogen-bond donors (Lipinski definition) is 0. The topological polar surface area (TPSA) is 70.6 Å². The Morgan fingerprint density at radius 1 is 1.14 bits per heavy atom. The highest BCUT2D eigenvalue weighted by atomic mass is 15.3. The molecule has 2 aromatic heterocycles. The van der Waals surface area contributed by atoms with Crippen molar-refractivity contribution in [3.05, 3.63) is 66.4 Å². The number of anilines is 1. The Kier molecular flexibility index (Phi) is 3.79. The second kappa shape index (κ2) is 6.06. The van der Waals surface area contributed by atoms with E-state index in [0.717, 1.165) is 11.3 Å². The van der Waals surface area contributed by atoms with Gasteiger partial charge in [-0.2, -0.15) is 10.4 Å². The van der Waals surface area contributed by atoms with Gasteiger partial charge in [0.25, 0.3) is 0 Å². The Bertz CT molecular complexity index is 786. The molecular formula is C16H14N6. The van der Waals surface area contributed by atoms with Crippen LogP contribution < -0.4 is 4.90 Å². The van der Waals surface area contributed by atoms with Gasteiger partial charge in [0.05, 0.1) is 24.3 Å². The van der Waals surface area contributed by atoms with Gasteiger partial charge in [0.15, 0.2) is 5.69 Å². The Morgan fingerprint density at radius 3 is 2.64 bits per heavy atom. The van der Waals surface area contributed by atoms with Crippen LogP contribution in [0.2, 0.25) is 0 Å². The van der Waals surface area contributed by atoms with E-state index in [9.17, 15) is 0 Å². The Labute approximate surface area is 128 Å². The molecule has 0 atom stereocenters. The molecule has 0 aliphatic heterocycles. The van der Waals surface area contributed by atoms with Gasteiger partial charge in [-0.15, -0.1) is 0 Å². The third-order valence-corrected chi connectivity index (χ3v) is 3.22. The zero-order chi connectivity index (χ0) is 15.4. The van der Waals surface area contributed by atoms with Gasteiger partial charge in [0, 0.05) is 25.4 Å². The standard InChI is InChI=1S/C16H14N6/c1-21(16-10-18-14(7-17)9-19-16)11-13-8-20-22(12-13)15-5-3-2-4-6-15/h2-6,8-10,12H,11H2,1H3. The molecule has 0 N–H and O–H groups in total. The zero-order valence-corrected chi connectivity index (χ0v) is 12.1. The molecule has 0 bridgehead atoms. The van der Waals surface area contributed by atoms with Gasteiger partial charge >= 0.3 is 0 Å². The first-order valence-electron chi connectivity index (χ1n) is 6.78. The summed E-state index contributed by atoms with van der Waals surface area (Å²) in [5, 5.41) is 13.1. The molecule has 3 aromatic rings. The number of nitrogens with zero attached hydrogens (tertiary/aromatic N) is 6. The summed E-state index contributed by atoms with van der Waals surface area (Å²) in [6, 6.07) is 11.9. The van der Waals surface area contributed by atoms with Crippen LogP contribution in [0.1, 0.15) is 11.3 Å². The van der Waals surface area contributed by atoms with E-state index in [-0.39, 0.29) is 0 Å². The van der Waals surface area contributed by atoms with Crippen LogP contribution in [0.4, 0.5) is 5.82 Å². The number of nitriles is 1. The fraction of sp³-hybridized carbons (Fsp3) is 0.125. The number of rotatable bonds is 4. The fourth-order valence-corrected chi connectivity index (χ4v) is 2.09. The first-order chi connectivity index (χ1) is 10.8. The molecule has 0 fully saturated rings. The molecule has 0 aliphatic rings. The molecule has 0 amide bonds. The zero-order valence-electron chi connectivity index (χ0n) is 12.1. The Balaban J connectivity index is 1.73. The lowest BCUT2D eigenvalue weighted by molar-refractivity contribution is 0.873. The number of benzene rings is 1. The maximum atomic E-state index is 8.74. The lowest BCUT2D eigenvalue weighted by Crippen LogP contribution is -2.17. The van der Waals surface area contributed by atoms with E-state index < -0.39 is 0 Å². The van der Waals surface area contributed by atoms with Crippen molar-refractivity contribution < 1.29 is 0 Å². The van der Waals surface area contributed by atoms with Gasteiger partial charge in [-0.1, -0.05) is 18.2 Å². The van der Waals surface area contributed by atoms with E-state index in [4.69, 9.17) is 5.26 Å². The molecule has 22 heavy (non-hydrogen) atoms. The van der Waals surface area contributed by atoms with E-state index >= 15 is 0 Å². The first kappa shape index (κ1) is 13.8. The van der Waals surface area contributed by atoms with Crippen LogP contribution in [0.5, 0.6) is 0 Å². The number of para-hydroxylation sites is 1. The average Bonchev–Trinajstić information content (AvgIpc) is 3.04. The van der Waals surface area contributed by atoms with Gasteiger partial charge in [-0.3, -0.25) is 0 Å². The minimum atomic E-state index is 0.314. The summed E-state index contributed by atoms with van der Waals surface area (Å²) in [4.78, 5) is 10.2. The van der Waals surface area contributed by atoms with Crippen molar-refractivity contribution in [3.8, 4) is 11.8 Å². The average molecular weight is 290 g/mol. The summed E-state index contributed by atoms with van der Waals surface area (Å²) in [5.41, 5.74) is 2.40. The Morgan fingerprint density at radius 2 is 1.95 bits per heavy atom. The normalized spacial score (nSPS) is 10.2. The third kappa shape index (κ3) is 2.94. The van der Waals surface area contributed by atoms with Crippen molar-refractivity contribution in [2.75, 3.05) is 11.9 Å². The molecular weight excluding hydrogens is 276 g/mol. The van der Waals surface area contributed by atoms with Crippen LogP contribution in [0.3, 0.4) is 0 Å². The molecule has 0 aliphatic carbocycles. The van der Waals surface area contributed by atoms with Crippen molar-refractivity contribution in [1.29, 1.82) is 5.26 Å². The first-order valence-corrected chi connectivity index (χ1v) is 6.78. The second-order valence-electron chi connectivity index (χ2n) is 4.86. The van der Waals surface area contributed by atoms with Crippen LogP contribution >= 0.6 is 0 Å². The maximum Gasteiger partial charge on any atom is 0.158 e. The number of hydrogen-bond acceptors (Lipinski definition) is 5. The van der Waals surface area contributed by atoms with E-state index in [2.05, 4.69) is 15.1 Å². The molecule has 2 heterocycles. The van der Waals surface area contributed by atoms with Crippen LogP contribution in [0.25, 0.3) is 5.69 Å². The molecule has 108 valence electrons. The van der Waals surface area contributed by atoms with Crippen molar-refractivity contribution in [2.24, 2.45) is 0 Å².